The second kappa shape index (κ2) is 5.06. The standard InChI is InChI=1S/C9H13NO.H2S/c1-7(10)8-4-3-5-9(6-8)11-2;/h3-7H,10H2,1-2H3;1H2/t7-;/m0./s1. The van der Waals surface area contributed by atoms with E-state index in [4.69, 9.17) is 10.5 Å². The fraction of sp³-hybridized carbons (Fsp3) is 0.333. The summed E-state index contributed by atoms with van der Waals surface area (Å²) in [5, 5.41) is 0. The summed E-state index contributed by atoms with van der Waals surface area (Å²) >= 11 is 0. The predicted octanol–water partition coefficient (Wildman–Crippen LogP) is 1.83. The van der Waals surface area contributed by atoms with Gasteiger partial charge >= 0.3 is 0 Å². The molecule has 1 aromatic rings. The third-order valence-electron chi connectivity index (χ3n) is 1.62. The molecule has 0 heterocycles. The molecule has 0 aliphatic rings. The first-order valence-corrected chi connectivity index (χ1v) is 3.63. The smallest absolute Gasteiger partial charge is 0.119 e. The first kappa shape index (κ1) is 11.3. The highest BCUT2D eigenvalue weighted by Gasteiger charge is 1.98. The molecule has 1 rings (SSSR count). The maximum absolute atomic E-state index is 5.68. The maximum atomic E-state index is 5.68. The highest BCUT2D eigenvalue weighted by atomic mass is 32.1. The Morgan fingerprint density at radius 3 is 2.58 bits per heavy atom. The minimum absolute atomic E-state index is 0. The Bertz CT molecular complexity index is 238. The monoisotopic (exact) mass is 185 g/mol. The number of methoxy groups -OCH3 is 1. The Hall–Kier alpha value is -0.670. The van der Waals surface area contributed by atoms with Gasteiger partial charge in [-0.15, -0.1) is 0 Å². The number of ether oxygens (including phenoxy) is 1. The molecule has 2 nitrogen and oxygen atoms in total. The number of benzene rings is 1. The van der Waals surface area contributed by atoms with Gasteiger partial charge in [-0.25, -0.2) is 0 Å². The lowest BCUT2D eigenvalue weighted by molar-refractivity contribution is 0.414. The second-order valence-electron chi connectivity index (χ2n) is 2.57. The van der Waals surface area contributed by atoms with Crippen molar-refractivity contribution >= 4 is 13.5 Å². The van der Waals surface area contributed by atoms with Crippen LogP contribution in [0.3, 0.4) is 0 Å². The summed E-state index contributed by atoms with van der Waals surface area (Å²) in [6, 6.07) is 7.87. The van der Waals surface area contributed by atoms with Gasteiger partial charge in [0.1, 0.15) is 5.75 Å². The van der Waals surface area contributed by atoms with E-state index in [9.17, 15) is 0 Å². The van der Waals surface area contributed by atoms with Crippen molar-refractivity contribution < 1.29 is 4.74 Å². The van der Waals surface area contributed by atoms with Crippen molar-refractivity contribution in [2.24, 2.45) is 5.73 Å². The topological polar surface area (TPSA) is 35.2 Å². The molecule has 0 spiro atoms. The summed E-state index contributed by atoms with van der Waals surface area (Å²) in [5.74, 6) is 0.861. The van der Waals surface area contributed by atoms with Crippen LogP contribution in [0.25, 0.3) is 0 Å². The highest BCUT2D eigenvalue weighted by Crippen LogP contribution is 2.16. The van der Waals surface area contributed by atoms with Gasteiger partial charge in [-0.2, -0.15) is 13.5 Å². The van der Waals surface area contributed by atoms with Crippen LogP contribution in [0, 0.1) is 0 Å². The third-order valence-corrected chi connectivity index (χ3v) is 1.62. The third kappa shape index (κ3) is 2.75. The molecule has 0 unspecified atom stereocenters. The lowest BCUT2D eigenvalue weighted by Gasteiger charge is -2.06. The summed E-state index contributed by atoms with van der Waals surface area (Å²) < 4.78 is 5.05. The van der Waals surface area contributed by atoms with Crippen molar-refractivity contribution in [2.75, 3.05) is 7.11 Å². The van der Waals surface area contributed by atoms with Gasteiger partial charge in [0.15, 0.2) is 0 Å². The first-order chi connectivity index (χ1) is 5.24. The van der Waals surface area contributed by atoms with Gasteiger partial charge in [0.25, 0.3) is 0 Å². The van der Waals surface area contributed by atoms with Gasteiger partial charge in [0.05, 0.1) is 7.11 Å². The summed E-state index contributed by atoms with van der Waals surface area (Å²) in [6.07, 6.45) is 0. The van der Waals surface area contributed by atoms with Gasteiger partial charge in [-0.1, -0.05) is 12.1 Å². The van der Waals surface area contributed by atoms with Crippen LogP contribution in [0.15, 0.2) is 24.3 Å². The minimum atomic E-state index is 0. The van der Waals surface area contributed by atoms with Crippen molar-refractivity contribution in [3.63, 3.8) is 0 Å². The molecule has 0 aromatic heterocycles. The van der Waals surface area contributed by atoms with Crippen LogP contribution in [0.1, 0.15) is 18.5 Å². The van der Waals surface area contributed by atoms with Crippen molar-refractivity contribution in [3.8, 4) is 5.75 Å². The quantitative estimate of drug-likeness (QED) is 0.763. The highest BCUT2D eigenvalue weighted by molar-refractivity contribution is 7.59. The zero-order valence-corrected chi connectivity index (χ0v) is 8.37. The van der Waals surface area contributed by atoms with Crippen LogP contribution in [0.2, 0.25) is 0 Å². The molecule has 1 aromatic carbocycles. The summed E-state index contributed by atoms with van der Waals surface area (Å²) in [5.41, 5.74) is 6.78. The van der Waals surface area contributed by atoms with E-state index in [2.05, 4.69) is 0 Å². The fourth-order valence-corrected chi connectivity index (χ4v) is 0.925. The molecule has 0 aliphatic carbocycles. The summed E-state index contributed by atoms with van der Waals surface area (Å²) in [7, 11) is 1.65. The van der Waals surface area contributed by atoms with Crippen molar-refractivity contribution in [2.45, 2.75) is 13.0 Å². The average Bonchev–Trinajstić information content (AvgIpc) is 2.05. The van der Waals surface area contributed by atoms with Gasteiger partial charge in [-0.3, -0.25) is 0 Å². The molecule has 0 aliphatic heterocycles. The van der Waals surface area contributed by atoms with Crippen LogP contribution in [0.5, 0.6) is 5.75 Å². The van der Waals surface area contributed by atoms with Crippen molar-refractivity contribution in [1.82, 2.24) is 0 Å². The van der Waals surface area contributed by atoms with E-state index in [0.29, 0.717) is 0 Å². The van der Waals surface area contributed by atoms with Crippen LogP contribution in [-0.4, -0.2) is 7.11 Å². The average molecular weight is 185 g/mol. The molecule has 0 bridgehead atoms. The minimum Gasteiger partial charge on any atom is -0.497 e. The van der Waals surface area contributed by atoms with Crippen LogP contribution < -0.4 is 10.5 Å². The van der Waals surface area contributed by atoms with Gasteiger partial charge in [0, 0.05) is 6.04 Å². The number of hydrogen-bond acceptors (Lipinski definition) is 2. The van der Waals surface area contributed by atoms with E-state index in [1.807, 2.05) is 31.2 Å². The number of nitrogens with two attached hydrogens (primary N) is 1. The van der Waals surface area contributed by atoms with Crippen LogP contribution in [0.4, 0.5) is 0 Å². The molecule has 0 amide bonds. The molecule has 0 saturated carbocycles. The molecule has 0 fully saturated rings. The molecule has 12 heavy (non-hydrogen) atoms. The lowest BCUT2D eigenvalue weighted by atomic mass is 10.1. The van der Waals surface area contributed by atoms with Gasteiger partial charge in [0.2, 0.25) is 0 Å². The Balaban J connectivity index is 0.00000121. The zero-order chi connectivity index (χ0) is 8.27. The molecule has 68 valence electrons. The summed E-state index contributed by atoms with van der Waals surface area (Å²) in [6.45, 7) is 1.95. The van der Waals surface area contributed by atoms with E-state index < -0.39 is 0 Å². The molecular weight excluding hydrogens is 170 g/mol. The van der Waals surface area contributed by atoms with E-state index >= 15 is 0 Å². The second-order valence-corrected chi connectivity index (χ2v) is 2.57. The van der Waals surface area contributed by atoms with E-state index in [-0.39, 0.29) is 19.5 Å². The zero-order valence-electron chi connectivity index (χ0n) is 7.37. The maximum Gasteiger partial charge on any atom is 0.119 e. The Kier molecular flexibility index (Phi) is 4.78. The Morgan fingerprint density at radius 1 is 1.42 bits per heavy atom. The van der Waals surface area contributed by atoms with Crippen LogP contribution >= 0.6 is 13.5 Å². The van der Waals surface area contributed by atoms with Crippen molar-refractivity contribution in [1.29, 1.82) is 0 Å². The fourth-order valence-electron chi connectivity index (χ4n) is 0.925. The predicted molar refractivity (Wildman–Crippen MR) is 56.0 cm³/mol. The number of rotatable bonds is 2. The molecule has 0 saturated heterocycles. The summed E-state index contributed by atoms with van der Waals surface area (Å²) in [4.78, 5) is 0. The largest absolute Gasteiger partial charge is 0.497 e. The van der Waals surface area contributed by atoms with Crippen molar-refractivity contribution in [3.05, 3.63) is 29.8 Å². The lowest BCUT2D eigenvalue weighted by Crippen LogP contribution is -2.04. The molecule has 1 atom stereocenters. The van der Waals surface area contributed by atoms with Gasteiger partial charge < -0.3 is 10.5 Å². The van der Waals surface area contributed by atoms with E-state index in [1.165, 1.54) is 0 Å². The SMILES string of the molecule is COc1cccc([C@H](C)N)c1.S. The van der Waals surface area contributed by atoms with E-state index in [0.717, 1.165) is 11.3 Å². The molecule has 0 radical (unpaired) electrons. The van der Waals surface area contributed by atoms with Gasteiger partial charge in [-0.05, 0) is 24.6 Å². The Morgan fingerprint density at radius 2 is 2.08 bits per heavy atom. The normalized spacial score (nSPS) is 11.6. The molecule has 3 heteroatoms. The molecule has 2 N–H and O–H groups in total. The Labute approximate surface area is 80.2 Å². The van der Waals surface area contributed by atoms with Crippen LogP contribution in [-0.2, 0) is 0 Å². The number of hydrogen-bond donors (Lipinski definition) is 1. The molecular formula is C9H15NOS. The first-order valence-electron chi connectivity index (χ1n) is 3.63. The van der Waals surface area contributed by atoms with E-state index in [1.54, 1.807) is 7.11 Å².